The van der Waals surface area contributed by atoms with Gasteiger partial charge in [-0.25, -0.2) is 9.37 Å². The zero-order valence-electron chi connectivity index (χ0n) is 10.6. The number of para-hydroxylation sites is 3. The van der Waals surface area contributed by atoms with E-state index >= 15 is 0 Å². The fraction of sp³-hybridized carbons (Fsp3) is 0.0667. The molecule has 3 rings (SSSR count). The highest BCUT2D eigenvalue weighted by Crippen LogP contribution is 2.14. The van der Waals surface area contributed by atoms with Gasteiger partial charge in [0.15, 0.2) is 0 Å². The molecule has 1 aromatic heterocycles. The maximum absolute atomic E-state index is 13.4. The van der Waals surface area contributed by atoms with E-state index in [0.717, 1.165) is 11.0 Å². The number of anilines is 1. The van der Waals surface area contributed by atoms with E-state index in [1.165, 1.54) is 12.1 Å². The van der Waals surface area contributed by atoms with Gasteiger partial charge in [0.05, 0.1) is 23.0 Å². The van der Waals surface area contributed by atoms with E-state index in [0.29, 0.717) is 0 Å². The average molecular weight is 269 g/mol. The van der Waals surface area contributed by atoms with Gasteiger partial charge in [-0.1, -0.05) is 24.3 Å². The molecule has 0 aliphatic heterocycles. The Morgan fingerprint density at radius 1 is 1.15 bits per heavy atom. The predicted octanol–water partition coefficient (Wildman–Crippen LogP) is 2.81. The van der Waals surface area contributed by atoms with Gasteiger partial charge in [-0.2, -0.15) is 0 Å². The van der Waals surface area contributed by atoms with E-state index in [-0.39, 0.29) is 18.1 Å². The predicted molar refractivity (Wildman–Crippen MR) is 74.8 cm³/mol. The number of benzene rings is 2. The normalized spacial score (nSPS) is 10.7. The maximum Gasteiger partial charge on any atom is 0.244 e. The summed E-state index contributed by atoms with van der Waals surface area (Å²) in [6.45, 7) is 0.0921. The number of nitrogens with one attached hydrogen (secondary N) is 1. The molecule has 0 atom stereocenters. The number of carbonyl (C=O) groups is 1. The summed E-state index contributed by atoms with van der Waals surface area (Å²) in [6.07, 6.45) is 1.60. The minimum atomic E-state index is -0.448. The summed E-state index contributed by atoms with van der Waals surface area (Å²) in [5, 5.41) is 2.55. The molecule has 0 unspecified atom stereocenters. The Bertz CT molecular complexity index is 766. The van der Waals surface area contributed by atoms with Gasteiger partial charge >= 0.3 is 0 Å². The quantitative estimate of drug-likeness (QED) is 0.794. The molecule has 20 heavy (non-hydrogen) atoms. The third-order valence-electron chi connectivity index (χ3n) is 2.99. The van der Waals surface area contributed by atoms with Crippen LogP contribution in [0.2, 0.25) is 0 Å². The van der Waals surface area contributed by atoms with E-state index in [1.807, 2.05) is 24.3 Å². The number of rotatable bonds is 3. The number of amides is 1. The molecule has 0 saturated heterocycles. The summed E-state index contributed by atoms with van der Waals surface area (Å²) in [5.74, 6) is -0.741. The van der Waals surface area contributed by atoms with Gasteiger partial charge in [-0.15, -0.1) is 0 Å². The molecule has 1 heterocycles. The number of nitrogens with zero attached hydrogens (tertiary/aromatic N) is 2. The number of aromatic nitrogens is 2. The molecule has 5 heteroatoms. The van der Waals surface area contributed by atoms with Crippen LogP contribution in [0.25, 0.3) is 11.0 Å². The largest absolute Gasteiger partial charge is 0.322 e. The van der Waals surface area contributed by atoms with Crippen molar-refractivity contribution in [2.75, 3.05) is 5.32 Å². The minimum Gasteiger partial charge on any atom is -0.322 e. The minimum absolute atomic E-state index is 0.0921. The molecule has 100 valence electrons. The number of hydrogen-bond donors (Lipinski definition) is 1. The van der Waals surface area contributed by atoms with Crippen LogP contribution in [0.15, 0.2) is 54.9 Å². The first-order valence-corrected chi connectivity index (χ1v) is 6.18. The highest BCUT2D eigenvalue weighted by atomic mass is 19.1. The van der Waals surface area contributed by atoms with E-state index in [9.17, 15) is 9.18 Å². The van der Waals surface area contributed by atoms with Crippen LogP contribution in [0, 0.1) is 5.82 Å². The Balaban J connectivity index is 1.78. The van der Waals surface area contributed by atoms with E-state index in [4.69, 9.17) is 0 Å². The molecule has 2 aromatic carbocycles. The number of hydrogen-bond acceptors (Lipinski definition) is 2. The first-order valence-electron chi connectivity index (χ1n) is 6.18. The van der Waals surface area contributed by atoms with Crippen LogP contribution >= 0.6 is 0 Å². The Kier molecular flexibility index (Phi) is 3.16. The van der Waals surface area contributed by atoms with Gasteiger partial charge in [-0.3, -0.25) is 4.79 Å². The molecule has 0 aliphatic rings. The third kappa shape index (κ3) is 2.38. The lowest BCUT2D eigenvalue weighted by Gasteiger charge is -2.07. The lowest BCUT2D eigenvalue weighted by atomic mass is 10.3. The van der Waals surface area contributed by atoms with Crippen LogP contribution in [-0.2, 0) is 11.3 Å². The van der Waals surface area contributed by atoms with Crippen LogP contribution in [0.1, 0.15) is 0 Å². The lowest BCUT2D eigenvalue weighted by molar-refractivity contribution is -0.116. The second-order valence-corrected chi connectivity index (χ2v) is 4.39. The monoisotopic (exact) mass is 269 g/mol. The number of imidazole rings is 1. The van der Waals surface area contributed by atoms with Gasteiger partial charge in [-0.05, 0) is 24.3 Å². The molecule has 0 fully saturated rings. The van der Waals surface area contributed by atoms with E-state index < -0.39 is 5.82 Å². The molecular formula is C15H12FN3O. The van der Waals surface area contributed by atoms with Gasteiger partial charge < -0.3 is 9.88 Å². The highest BCUT2D eigenvalue weighted by Gasteiger charge is 2.09. The molecular weight excluding hydrogens is 257 g/mol. The molecule has 0 radical (unpaired) electrons. The maximum atomic E-state index is 13.4. The van der Waals surface area contributed by atoms with Crippen molar-refractivity contribution in [2.45, 2.75) is 6.54 Å². The zero-order chi connectivity index (χ0) is 13.9. The Hall–Kier alpha value is -2.69. The first-order chi connectivity index (χ1) is 9.74. The second kappa shape index (κ2) is 5.13. The van der Waals surface area contributed by atoms with Crippen molar-refractivity contribution >= 4 is 22.6 Å². The Morgan fingerprint density at radius 3 is 2.75 bits per heavy atom. The number of fused-ring (bicyclic) bond motifs is 1. The van der Waals surface area contributed by atoms with Gasteiger partial charge in [0.1, 0.15) is 12.4 Å². The molecule has 0 aliphatic carbocycles. The lowest BCUT2D eigenvalue weighted by Crippen LogP contribution is -2.18. The van der Waals surface area contributed by atoms with Crippen LogP contribution in [0.3, 0.4) is 0 Å². The summed E-state index contributed by atoms with van der Waals surface area (Å²) >= 11 is 0. The number of carbonyl (C=O) groups excluding carboxylic acids is 1. The SMILES string of the molecule is O=C(Cn1cnc2ccccc21)Nc1ccccc1F. The van der Waals surface area contributed by atoms with Crippen LogP contribution in [0.4, 0.5) is 10.1 Å². The van der Waals surface area contributed by atoms with Crippen molar-refractivity contribution in [3.8, 4) is 0 Å². The van der Waals surface area contributed by atoms with Crippen molar-refractivity contribution in [3.05, 3.63) is 60.7 Å². The van der Waals surface area contributed by atoms with Crippen molar-refractivity contribution in [2.24, 2.45) is 0 Å². The topological polar surface area (TPSA) is 46.9 Å². The summed E-state index contributed by atoms with van der Waals surface area (Å²) < 4.78 is 15.2. The fourth-order valence-corrected chi connectivity index (χ4v) is 2.04. The van der Waals surface area contributed by atoms with Gasteiger partial charge in [0.2, 0.25) is 5.91 Å². The van der Waals surface area contributed by atoms with Crippen molar-refractivity contribution in [1.82, 2.24) is 9.55 Å². The third-order valence-corrected chi connectivity index (χ3v) is 2.99. The smallest absolute Gasteiger partial charge is 0.244 e. The van der Waals surface area contributed by atoms with Crippen LogP contribution in [0.5, 0.6) is 0 Å². The molecule has 1 amide bonds. The molecule has 3 aromatic rings. The molecule has 4 nitrogen and oxygen atoms in total. The van der Waals surface area contributed by atoms with Crippen molar-refractivity contribution in [3.63, 3.8) is 0 Å². The Labute approximate surface area is 114 Å². The second-order valence-electron chi connectivity index (χ2n) is 4.39. The summed E-state index contributed by atoms with van der Waals surface area (Å²) in [5.41, 5.74) is 1.88. The Morgan fingerprint density at radius 2 is 1.90 bits per heavy atom. The van der Waals surface area contributed by atoms with E-state index in [2.05, 4.69) is 10.3 Å². The zero-order valence-corrected chi connectivity index (χ0v) is 10.6. The fourth-order valence-electron chi connectivity index (χ4n) is 2.04. The van der Waals surface area contributed by atoms with Crippen molar-refractivity contribution in [1.29, 1.82) is 0 Å². The van der Waals surface area contributed by atoms with Gasteiger partial charge in [0, 0.05) is 0 Å². The number of halogens is 1. The summed E-state index contributed by atoms with van der Waals surface area (Å²) in [4.78, 5) is 16.2. The van der Waals surface area contributed by atoms with E-state index in [1.54, 1.807) is 23.0 Å². The molecule has 0 saturated carbocycles. The van der Waals surface area contributed by atoms with Crippen LogP contribution < -0.4 is 5.32 Å². The highest BCUT2D eigenvalue weighted by molar-refractivity contribution is 5.91. The summed E-state index contributed by atoms with van der Waals surface area (Å²) in [7, 11) is 0. The molecule has 0 bridgehead atoms. The molecule has 0 spiro atoms. The molecule has 1 N–H and O–H groups in total. The summed E-state index contributed by atoms with van der Waals surface area (Å²) in [6, 6.07) is 13.6. The van der Waals surface area contributed by atoms with Crippen molar-refractivity contribution < 1.29 is 9.18 Å². The standard InChI is InChI=1S/C15H12FN3O/c16-11-5-1-2-6-12(11)18-15(20)9-19-10-17-13-7-3-4-8-14(13)19/h1-8,10H,9H2,(H,18,20). The van der Waals surface area contributed by atoms with Crippen LogP contribution in [-0.4, -0.2) is 15.5 Å². The average Bonchev–Trinajstić information content (AvgIpc) is 2.85. The van der Waals surface area contributed by atoms with Gasteiger partial charge in [0.25, 0.3) is 0 Å². The first kappa shape index (κ1) is 12.3.